The molecule has 0 aromatic heterocycles. The number of rotatable bonds is 5. The number of hydrogen-bond donors (Lipinski definition) is 1. The number of hydrogen-bond acceptors (Lipinski definition) is 2. The van der Waals surface area contributed by atoms with Gasteiger partial charge in [0.25, 0.3) is 0 Å². The highest BCUT2D eigenvalue weighted by Crippen LogP contribution is 2.27. The normalized spacial score (nSPS) is 18.6. The van der Waals surface area contributed by atoms with Crippen LogP contribution in [0.15, 0.2) is 24.3 Å². The molecule has 1 N–H and O–H groups in total. The lowest BCUT2D eigenvalue weighted by molar-refractivity contribution is 0.138. The van der Waals surface area contributed by atoms with E-state index in [1.54, 1.807) is 12.1 Å². The molecule has 114 valence electrons. The molecule has 1 aromatic rings. The Hall–Kier alpha value is -0.640. The summed E-state index contributed by atoms with van der Waals surface area (Å²) >= 11 is 0. The van der Waals surface area contributed by atoms with Gasteiger partial charge in [0, 0.05) is 11.6 Å². The smallest absolute Gasteiger partial charge is 0.127 e. The van der Waals surface area contributed by atoms with Gasteiger partial charge in [-0.25, -0.2) is 4.39 Å². The van der Waals surface area contributed by atoms with Crippen LogP contribution in [0, 0.1) is 11.7 Å². The number of piperidine rings is 1. The first kappa shape index (κ1) is 17.4. The van der Waals surface area contributed by atoms with E-state index in [9.17, 15) is 4.39 Å². The molecule has 1 aliphatic rings. The molecule has 1 heterocycles. The third-order valence-electron chi connectivity index (χ3n) is 4.24. The summed E-state index contributed by atoms with van der Waals surface area (Å²) in [6.45, 7) is 8.58. The van der Waals surface area contributed by atoms with Gasteiger partial charge in [0.05, 0.1) is 0 Å². The molecule has 1 aromatic carbocycles. The summed E-state index contributed by atoms with van der Waals surface area (Å²) in [7, 11) is 0. The van der Waals surface area contributed by atoms with E-state index in [4.69, 9.17) is 0 Å². The number of nitrogens with one attached hydrogen (secondary N) is 1. The number of halogens is 2. The summed E-state index contributed by atoms with van der Waals surface area (Å²) in [4.78, 5) is 2.40. The largest absolute Gasteiger partial charge is 0.317 e. The van der Waals surface area contributed by atoms with Crippen LogP contribution in [0.5, 0.6) is 0 Å². The Labute approximate surface area is 128 Å². The molecule has 0 saturated carbocycles. The zero-order valence-corrected chi connectivity index (χ0v) is 13.3. The van der Waals surface area contributed by atoms with Crippen LogP contribution in [0.2, 0.25) is 0 Å². The van der Waals surface area contributed by atoms with Crippen molar-refractivity contribution >= 4 is 12.4 Å². The second kappa shape index (κ2) is 8.60. The Bertz CT molecular complexity index is 392. The van der Waals surface area contributed by atoms with Gasteiger partial charge in [0.15, 0.2) is 0 Å². The van der Waals surface area contributed by atoms with Crippen molar-refractivity contribution in [2.24, 2.45) is 5.92 Å². The van der Waals surface area contributed by atoms with Crippen molar-refractivity contribution in [2.75, 3.05) is 26.2 Å². The third kappa shape index (κ3) is 4.44. The Morgan fingerprint density at radius 3 is 2.55 bits per heavy atom. The zero-order valence-electron chi connectivity index (χ0n) is 12.4. The maximum Gasteiger partial charge on any atom is 0.127 e. The lowest BCUT2D eigenvalue weighted by atomic mass is 9.94. The summed E-state index contributed by atoms with van der Waals surface area (Å²) in [5, 5.41) is 3.42. The van der Waals surface area contributed by atoms with E-state index in [-0.39, 0.29) is 24.3 Å². The van der Waals surface area contributed by atoms with Crippen molar-refractivity contribution in [1.29, 1.82) is 0 Å². The highest BCUT2D eigenvalue weighted by molar-refractivity contribution is 5.85. The minimum Gasteiger partial charge on any atom is -0.317 e. The minimum atomic E-state index is -0.0789. The molecule has 1 unspecified atom stereocenters. The Kier molecular flexibility index (Phi) is 7.49. The maximum atomic E-state index is 13.8. The molecule has 4 heteroatoms. The van der Waals surface area contributed by atoms with Crippen molar-refractivity contribution < 1.29 is 4.39 Å². The fraction of sp³-hybridized carbons (Fsp3) is 0.625. The topological polar surface area (TPSA) is 15.3 Å². The van der Waals surface area contributed by atoms with E-state index in [0.717, 1.165) is 37.7 Å². The number of nitrogens with zero attached hydrogens (tertiary/aromatic N) is 1. The zero-order chi connectivity index (χ0) is 13.7. The molecule has 0 radical (unpaired) electrons. The summed E-state index contributed by atoms with van der Waals surface area (Å²) in [6.07, 6.45) is 2.43. The number of likely N-dealkylation sites (tertiary alicyclic amines) is 1. The third-order valence-corrected chi connectivity index (χ3v) is 4.24. The van der Waals surface area contributed by atoms with Crippen molar-refractivity contribution in [3.8, 4) is 0 Å². The van der Waals surface area contributed by atoms with Gasteiger partial charge in [0.1, 0.15) is 5.82 Å². The van der Waals surface area contributed by atoms with Crippen molar-refractivity contribution in [3.63, 3.8) is 0 Å². The molecule has 0 bridgehead atoms. The highest BCUT2D eigenvalue weighted by Gasteiger charge is 2.24. The molecule has 2 nitrogen and oxygen atoms in total. The molecular weight excluding hydrogens is 275 g/mol. The molecule has 1 atom stereocenters. The predicted octanol–water partition coefficient (Wildman–Crippen LogP) is 3.63. The molecule has 1 saturated heterocycles. The van der Waals surface area contributed by atoms with E-state index < -0.39 is 0 Å². The van der Waals surface area contributed by atoms with E-state index in [1.165, 1.54) is 12.8 Å². The molecule has 0 aliphatic carbocycles. The van der Waals surface area contributed by atoms with Gasteiger partial charge in [0.2, 0.25) is 0 Å². The van der Waals surface area contributed by atoms with Gasteiger partial charge >= 0.3 is 0 Å². The van der Waals surface area contributed by atoms with Crippen LogP contribution in [0.3, 0.4) is 0 Å². The van der Waals surface area contributed by atoms with Crippen LogP contribution in [-0.4, -0.2) is 31.1 Å². The minimum absolute atomic E-state index is 0. The summed E-state index contributed by atoms with van der Waals surface area (Å²) in [6, 6.07) is 7.33. The molecule has 0 amide bonds. The van der Waals surface area contributed by atoms with Gasteiger partial charge in [-0.15, -0.1) is 12.4 Å². The van der Waals surface area contributed by atoms with Gasteiger partial charge in [-0.3, -0.25) is 4.90 Å². The standard InChI is InChI=1S/C16H25FN2.ClH/c1-3-18-12-14-8-10-19(11-9-14)13(2)15-6-4-5-7-16(15)17;/h4-7,13-14,18H,3,8-12H2,1-2H3;1H. The van der Waals surface area contributed by atoms with Crippen LogP contribution < -0.4 is 5.32 Å². The van der Waals surface area contributed by atoms with Crippen LogP contribution in [-0.2, 0) is 0 Å². The number of benzene rings is 1. The second-order valence-corrected chi connectivity index (χ2v) is 5.48. The Morgan fingerprint density at radius 2 is 1.95 bits per heavy atom. The fourth-order valence-electron chi connectivity index (χ4n) is 2.90. The summed E-state index contributed by atoms with van der Waals surface area (Å²) in [5.74, 6) is 0.703. The molecule has 1 aliphatic heterocycles. The van der Waals surface area contributed by atoms with Crippen molar-refractivity contribution in [1.82, 2.24) is 10.2 Å². The lowest BCUT2D eigenvalue weighted by Gasteiger charge is -2.36. The van der Waals surface area contributed by atoms with Gasteiger partial charge in [-0.1, -0.05) is 25.1 Å². The first-order valence-electron chi connectivity index (χ1n) is 7.41. The van der Waals surface area contributed by atoms with Gasteiger partial charge in [-0.05, 0) is 57.9 Å². The summed E-state index contributed by atoms with van der Waals surface area (Å²) in [5.41, 5.74) is 0.827. The molecule has 1 fully saturated rings. The van der Waals surface area contributed by atoms with Crippen molar-refractivity contribution in [3.05, 3.63) is 35.6 Å². The SMILES string of the molecule is CCNCC1CCN(C(C)c2ccccc2F)CC1.Cl. The van der Waals surface area contributed by atoms with Crippen molar-refractivity contribution in [2.45, 2.75) is 32.7 Å². The molecule has 0 spiro atoms. The van der Waals surface area contributed by atoms with Gasteiger partial charge in [-0.2, -0.15) is 0 Å². The van der Waals surface area contributed by atoms with E-state index in [2.05, 4.69) is 24.1 Å². The molecule has 2 rings (SSSR count). The van der Waals surface area contributed by atoms with Crippen LogP contribution in [0.4, 0.5) is 4.39 Å². The Morgan fingerprint density at radius 1 is 1.30 bits per heavy atom. The van der Waals surface area contributed by atoms with Crippen LogP contribution in [0.1, 0.15) is 38.3 Å². The van der Waals surface area contributed by atoms with E-state index >= 15 is 0 Å². The van der Waals surface area contributed by atoms with E-state index in [0.29, 0.717) is 0 Å². The average molecular weight is 301 g/mol. The first-order chi connectivity index (χ1) is 9.22. The van der Waals surface area contributed by atoms with Crippen LogP contribution in [0.25, 0.3) is 0 Å². The molecule has 20 heavy (non-hydrogen) atoms. The lowest BCUT2D eigenvalue weighted by Crippen LogP contribution is -2.38. The van der Waals surface area contributed by atoms with Crippen LogP contribution >= 0.6 is 12.4 Å². The quantitative estimate of drug-likeness (QED) is 0.893. The fourth-order valence-corrected chi connectivity index (χ4v) is 2.90. The summed E-state index contributed by atoms with van der Waals surface area (Å²) < 4.78 is 13.8. The van der Waals surface area contributed by atoms with Gasteiger partial charge < -0.3 is 5.32 Å². The maximum absolute atomic E-state index is 13.8. The van der Waals surface area contributed by atoms with E-state index in [1.807, 2.05) is 12.1 Å². The second-order valence-electron chi connectivity index (χ2n) is 5.48. The Balaban J connectivity index is 0.00000200. The highest BCUT2D eigenvalue weighted by atomic mass is 35.5. The first-order valence-corrected chi connectivity index (χ1v) is 7.41. The monoisotopic (exact) mass is 300 g/mol. The molecular formula is C16H26ClFN2. The predicted molar refractivity (Wildman–Crippen MR) is 84.9 cm³/mol. The average Bonchev–Trinajstić information content (AvgIpc) is 2.45.